The van der Waals surface area contributed by atoms with Gasteiger partial charge in [-0.15, -0.1) is 0 Å². The SMILES string of the molecule is CN1CCN(CCNC(=O)NC2C=CC=CC2)CC1. The first-order valence-corrected chi connectivity index (χ1v) is 7.02. The lowest BCUT2D eigenvalue weighted by Crippen LogP contribution is -2.48. The smallest absolute Gasteiger partial charge is 0.315 e. The molecule has 106 valence electrons. The Balaban J connectivity index is 1.56. The van der Waals surface area contributed by atoms with Gasteiger partial charge in [-0.25, -0.2) is 4.79 Å². The Bertz CT molecular complexity index is 345. The van der Waals surface area contributed by atoms with Crippen LogP contribution in [0.3, 0.4) is 0 Å². The van der Waals surface area contributed by atoms with E-state index in [0.29, 0.717) is 6.54 Å². The molecule has 1 aliphatic carbocycles. The number of nitrogens with one attached hydrogen (secondary N) is 2. The molecule has 5 heteroatoms. The van der Waals surface area contributed by atoms with Crippen LogP contribution in [0.5, 0.6) is 0 Å². The Labute approximate surface area is 115 Å². The average molecular weight is 264 g/mol. The molecule has 0 aromatic rings. The Morgan fingerprint density at radius 2 is 2.05 bits per heavy atom. The molecule has 1 unspecified atom stereocenters. The van der Waals surface area contributed by atoms with Gasteiger partial charge in [0.2, 0.25) is 0 Å². The molecule has 0 spiro atoms. The molecule has 0 saturated carbocycles. The second-order valence-electron chi connectivity index (χ2n) is 5.20. The van der Waals surface area contributed by atoms with Gasteiger partial charge >= 0.3 is 6.03 Å². The van der Waals surface area contributed by atoms with Crippen LogP contribution in [0, 0.1) is 0 Å². The zero-order valence-corrected chi connectivity index (χ0v) is 11.6. The van der Waals surface area contributed by atoms with Crippen LogP contribution in [0.25, 0.3) is 0 Å². The van der Waals surface area contributed by atoms with Gasteiger partial charge in [0, 0.05) is 39.3 Å². The summed E-state index contributed by atoms with van der Waals surface area (Å²) in [6.45, 7) is 6.06. The van der Waals surface area contributed by atoms with Gasteiger partial charge in [0.1, 0.15) is 0 Å². The first kappa shape index (κ1) is 14.1. The fraction of sp³-hybridized carbons (Fsp3) is 0.643. The zero-order chi connectivity index (χ0) is 13.5. The summed E-state index contributed by atoms with van der Waals surface area (Å²) in [5.41, 5.74) is 0. The summed E-state index contributed by atoms with van der Waals surface area (Å²) in [4.78, 5) is 16.4. The molecule has 2 rings (SSSR count). The minimum atomic E-state index is -0.0703. The molecule has 1 atom stereocenters. The molecular weight excluding hydrogens is 240 g/mol. The largest absolute Gasteiger partial charge is 0.337 e. The van der Waals surface area contributed by atoms with Gasteiger partial charge < -0.3 is 15.5 Å². The third-order valence-corrected chi connectivity index (χ3v) is 3.61. The first-order chi connectivity index (χ1) is 9.24. The molecule has 1 saturated heterocycles. The maximum atomic E-state index is 11.7. The van der Waals surface area contributed by atoms with Crippen molar-refractivity contribution in [1.29, 1.82) is 0 Å². The van der Waals surface area contributed by atoms with Crippen molar-refractivity contribution in [3.05, 3.63) is 24.3 Å². The molecular formula is C14H24N4O. The van der Waals surface area contributed by atoms with Crippen molar-refractivity contribution >= 4 is 6.03 Å². The van der Waals surface area contributed by atoms with Crippen LogP contribution >= 0.6 is 0 Å². The molecule has 0 bridgehead atoms. The Kier molecular flexibility index (Phi) is 5.42. The number of carbonyl (C=O) groups excluding carboxylic acids is 1. The number of hydrogen-bond acceptors (Lipinski definition) is 3. The van der Waals surface area contributed by atoms with Gasteiger partial charge in [-0.05, 0) is 13.5 Å². The fourth-order valence-corrected chi connectivity index (χ4v) is 2.31. The number of likely N-dealkylation sites (N-methyl/N-ethyl adjacent to an activating group) is 1. The average Bonchev–Trinajstić information content (AvgIpc) is 2.42. The van der Waals surface area contributed by atoms with Gasteiger partial charge in [-0.3, -0.25) is 4.90 Å². The van der Waals surface area contributed by atoms with E-state index in [2.05, 4.69) is 33.6 Å². The van der Waals surface area contributed by atoms with Gasteiger partial charge in [0.25, 0.3) is 0 Å². The van der Waals surface area contributed by atoms with E-state index in [-0.39, 0.29) is 12.1 Å². The second-order valence-corrected chi connectivity index (χ2v) is 5.20. The number of rotatable bonds is 4. The van der Waals surface area contributed by atoms with Crippen LogP contribution in [0.15, 0.2) is 24.3 Å². The van der Waals surface area contributed by atoms with Crippen LogP contribution in [0.2, 0.25) is 0 Å². The van der Waals surface area contributed by atoms with Crippen molar-refractivity contribution < 1.29 is 4.79 Å². The molecule has 1 aliphatic heterocycles. The molecule has 1 heterocycles. The van der Waals surface area contributed by atoms with E-state index in [1.165, 1.54) is 0 Å². The number of nitrogens with zero attached hydrogens (tertiary/aromatic N) is 2. The van der Waals surface area contributed by atoms with E-state index in [1.807, 2.05) is 18.2 Å². The third-order valence-electron chi connectivity index (χ3n) is 3.61. The fourth-order valence-electron chi connectivity index (χ4n) is 2.31. The van der Waals surface area contributed by atoms with Crippen LogP contribution in [-0.2, 0) is 0 Å². The van der Waals surface area contributed by atoms with Crippen LogP contribution in [0.4, 0.5) is 4.79 Å². The molecule has 0 radical (unpaired) electrons. The van der Waals surface area contributed by atoms with Crippen molar-refractivity contribution in [3.63, 3.8) is 0 Å². The van der Waals surface area contributed by atoms with E-state index in [9.17, 15) is 4.79 Å². The highest BCUT2D eigenvalue weighted by atomic mass is 16.2. The van der Waals surface area contributed by atoms with Crippen molar-refractivity contribution in [3.8, 4) is 0 Å². The standard InChI is InChI=1S/C14H24N4O/c1-17-9-11-18(12-10-17)8-7-15-14(19)16-13-5-3-2-4-6-13/h2-5,13H,6-12H2,1H3,(H2,15,16,19). The highest BCUT2D eigenvalue weighted by Crippen LogP contribution is 2.02. The van der Waals surface area contributed by atoms with Crippen molar-refractivity contribution in [2.75, 3.05) is 46.3 Å². The topological polar surface area (TPSA) is 47.6 Å². The lowest BCUT2D eigenvalue weighted by molar-refractivity contribution is 0.155. The van der Waals surface area contributed by atoms with Gasteiger partial charge in [0.05, 0.1) is 6.04 Å². The minimum Gasteiger partial charge on any atom is -0.337 e. The lowest BCUT2D eigenvalue weighted by Gasteiger charge is -2.32. The molecule has 5 nitrogen and oxygen atoms in total. The van der Waals surface area contributed by atoms with E-state index < -0.39 is 0 Å². The second kappa shape index (κ2) is 7.31. The normalized spacial score (nSPS) is 24.4. The number of urea groups is 1. The van der Waals surface area contributed by atoms with Crippen LogP contribution < -0.4 is 10.6 Å². The predicted octanol–water partition coefficient (Wildman–Crippen LogP) is 0.418. The highest BCUT2D eigenvalue weighted by Gasteiger charge is 2.13. The third kappa shape index (κ3) is 5.04. The van der Waals surface area contributed by atoms with Gasteiger partial charge in [-0.2, -0.15) is 0 Å². The predicted molar refractivity (Wildman–Crippen MR) is 77.2 cm³/mol. The van der Waals surface area contributed by atoms with Crippen molar-refractivity contribution in [2.45, 2.75) is 12.5 Å². The summed E-state index contributed by atoms with van der Waals surface area (Å²) >= 11 is 0. The van der Waals surface area contributed by atoms with E-state index in [0.717, 1.165) is 39.1 Å². The summed E-state index contributed by atoms with van der Waals surface area (Å²) in [5, 5.41) is 5.87. The number of carbonyl (C=O) groups is 1. The summed E-state index contributed by atoms with van der Waals surface area (Å²) in [6, 6.07) is 0.0627. The Morgan fingerprint density at radius 3 is 2.74 bits per heavy atom. The zero-order valence-electron chi connectivity index (χ0n) is 11.6. The van der Waals surface area contributed by atoms with E-state index in [1.54, 1.807) is 0 Å². The summed E-state index contributed by atoms with van der Waals surface area (Å²) < 4.78 is 0. The number of hydrogen-bond donors (Lipinski definition) is 2. The maximum absolute atomic E-state index is 11.7. The van der Waals surface area contributed by atoms with Crippen LogP contribution in [0.1, 0.15) is 6.42 Å². The summed E-state index contributed by atoms with van der Waals surface area (Å²) in [7, 11) is 2.15. The maximum Gasteiger partial charge on any atom is 0.315 e. The molecule has 19 heavy (non-hydrogen) atoms. The summed E-state index contributed by atoms with van der Waals surface area (Å²) in [6.07, 6.45) is 8.93. The lowest BCUT2D eigenvalue weighted by atomic mass is 10.1. The Hall–Kier alpha value is -1.33. The quantitative estimate of drug-likeness (QED) is 0.773. The summed E-state index contributed by atoms with van der Waals surface area (Å²) in [5.74, 6) is 0. The molecule has 2 aliphatic rings. The highest BCUT2D eigenvalue weighted by molar-refractivity contribution is 5.74. The molecule has 0 aromatic heterocycles. The number of amides is 2. The molecule has 2 amide bonds. The van der Waals surface area contributed by atoms with Gasteiger partial charge in [0.15, 0.2) is 0 Å². The first-order valence-electron chi connectivity index (χ1n) is 7.02. The van der Waals surface area contributed by atoms with Crippen molar-refractivity contribution in [1.82, 2.24) is 20.4 Å². The van der Waals surface area contributed by atoms with Crippen LogP contribution in [-0.4, -0.2) is 68.2 Å². The molecule has 1 fully saturated rings. The van der Waals surface area contributed by atoms with Crippen molar-refractivity contribution in [2.24, 2.45) is 0 Å². The molecule has 0 aromatic carbocycles. The number of allylic oxidation sites excluding steroid dienone is 2. The van der Waals surface area contributed by atoms with E-state index in [4.69, 9.17) is 0 Å². The monoisotopic (exact) mass is 264 g/mol. The van der Waals surface area contributed by atoms with Gasteiger partial charge in [-0.1, -0.05) is 24.3 Å². The number of piperazine rings is 1. The Morgan fingerprint density at radius 1 is 1.26 bits per heavy atom. The van der Waals surface area contributed by atoms with E-state index >= 15 is 0 Å². The molecule has 2 N–H and O–H groups in total. The minimum absolute atomic E-state index is 0.0703.